The first-order valence-electron chi connectivity index (χ1n) is 9.20. The molecule has 7 nitrogen and oxygen atoms in total. The van der Waals surface area contributed by atoms with Crippen LogP contribution in [0.15, 0.2) is 65.8 Å². The van der Waals surface area contributed by atoms with Gasteiger partial charge in [0.15, 0.2) is 11.5 Å². The maximum Gasteiger partial charge on any atom is 0.161 e. The Morgan fingerprint density at radius 2 is 1.09 bits per heavy atom. The molecule has 0 unspecified atom stereocenters. The van der Waals surface area contributed by atoms with E-state index in [0.29, 0.717) is 39.5 Å². The molecular weight excluding hydrogens is 404 g/mol. The molecule has 2 aromatic rings. The minimum absolute atomic E-state index is 0.141. The van der Waals surface area contributed by atoms with Gasteiger partial charge in [0.1, 0.15) is 41.2 Å². The monoisotopic (exact) mass is 422 g/mol. The van der Waals surface area contributed by atoms with E-state index in [4.69, 9.17) is 14.2 Å². The minimum Gasteiger partial charge on any atom is -0.497 e. The molecule has 0 saturated carbocycles. The molecule has 0 fully saturated rings. The number of benzene rings is 2. The maximum atomic E-state index is 9.35. The van der Waals surface area contributed by atoms with Crippen molar-refractivity contribution >= 4 is 11.1 Å². The summed E-state index contributed by atoms with van der Waals surface area (Å²) < 4.78 is 15.9. The van der Waals surface area contributed by atoms with Crippen molar-refractivity contribution in [3.05, 3.63) is 76.9 Å². The molecular formula is C25H18N4O3. The van der Waals surface area contributed by atoms with Crippen molar-refractivity contribution in [1.82, 2.24) is 0 Å². The molecule has 0 radical (unpaired) electrons. The van der Waals surface area contributed by atoms with Crippen LogP contribution in [0.2, 0.25) is 0 Å². The normalized spacial score (nSPS) is 10.1. The average Bonchev–Trinajstić information content (AvgIpc) is 2.86. The topological polar surface area (TPSA) is 123 Å². The predicted molar refractivity (Wildman–Crippen MR) is 118 cm³/mol. The number of methoxy groups -OCH3 is 3. The summed E-state index contributed by atoms with van der Waals surface area (Å²) >= 11 is 0. The van der Waals surface area contributed by atoms with E-state index in [1.54, 1.807) is 49.6 Å². The summed E-state index contributed by atoms with van der Waals surface area (Å²) in [5.74, 6) is 1.55. The van der Waals surface area contributed by atoms with Crippen LogP contribution in [0.3, 0.4) is 0 Å². The summed E-state index contributed by atoms with van der Waals surface area (Å²) in [4.78, 5) is 0. The zero-order chi connectivity index (χ0) is 23.5. The number of nitrogens with zero attached hydrogens (tertiary/aromatic N) is 4. The molecule has 7 heteroatoms. The van der Waals surface area contributed by atoms with Crippen LogP contribution in [0.1, 0.15) is 11.1 Å². The molecule has 0 aliphatic rings. The first-order chi connectivity index (χ1) is 15.5. The highest BCUT2D eigenvalue weighted by molar-refractivity contribution is 6.01. The van der Waals surface area contributed by atoms with Gasteiger partial charge in [-0.15, -0.1) is 0 Å². The lowest BCUT2D eigenvalue weighted by molar-refractivity contribution is 0.355. The summed E-state index contributed by atoms with van der Waals surface area (Å²) in [6.07, 6.45) is 2.82. The minimum atomic E-state index is -0.148. The molecule has 0 heterocycles. The van der Waals surface area contributed by atoms with E-state index in [-0.39, 0.29) is 11.1 Å². The fourth-order valence-corrected chi connectivity index (χ4v) is 2.88. The Balaban J connectivity index is 2.99. The van der Waals surface area contributed by atoms with Gasteiger partial charge in [-0.25, -0.2) is 0 Å². The van der Waals surface area contributed by atoms with Crippen molar-refractivity contribution in [3.63, 3.8) is 0 Å². The number of hydrogen-bond donors (Lipinski definition) is 0. The third-order valence-electron chi connectivity index (χ3n) is 4.44. The van der Waals surface area contributed by atoms with Crippen LogP contribution >= 0.6 is 0 Å². The molecule has 2 aromatic carbocycles. The predicted octanol–water partition coefficient (Wildman–Crippen LogP) is 4.57. The van der Waals surface area contributed by atoms with E-state index < -0.39 is 0 Å². The van der Waals surface area contributed by atoms with Crippen molar-refractivity contribution in [2.24, 2.45) is 0 Å². The second-order valence-electron chi connectivity index (χ2n) is 6.19. The van der Waals surface area contributed by atoms with Gasteiger partial charge in [0.25, 0.3) is 0 Å². The number of hydrogen-bond acceptors (Lipinski definition) is 7. The third-order valence-corrected chi connectivity index (χ3v) is 4.44. The molecule has 0 amide bonds. The lowest BCUT2D eigenvalue weighted by atomic mass is 9.91. The Morgan fingerprint density at radius 1 is 0.625 bits per heavy atom. The van der Waals surface area contributed by atoms with E-state index in [2.05, 4.69) is 0 Å². The standard InChI is InChI=1S/C25H18N4O3/c1-30-21-7-4-19(5-8-21)22(10-17(13-26)14-27)23(11-18(15-28)16-29)20-6-9-24(31-2)25(12-20)32-3/h4-12H,1-3H3/b23-22+. The van der Waals surface area contributed by atoms with Gasteiger partial charge in [0.05, 0.1) is 21.3 Å². The summed E-state index contributed by atoms with van der Waals surface area (Å²) in [6, 6.07) is 19.5. The molecule has 0 N–H and O–H groups in total. The Labute approximate surface area is 186 Å². The van der Waals surface area contributed by atoms with Gasteiger partial charge < -0.3 is 14.2 Å². The highest BCUT2D eigenvalue weighted by atomic mass is 16.5. The van der Waals surface area contributed by atoms with Crippen molar-refractivity contribution in [2.45, 2.75) is 0 Å². The van der Waals surface area contributed by atoms with E-state index >= 15 is 0 Å². The molecule has 2 rings (SSSR count). The quantitative estimate of drug-likeness (QED) is 0.364. The lowest BCUT2D eigenvalue weighted by Crippen LogP contribution is -1.95. The Hall–Kier alpha value is -4.98. The number of allylic oxidation sites excluding steroid dienone is 6. The Kier molecular flexibility index (Phi) is 8.20. The Bertz CT molecular complexity index is 1230. The number of nitriles is 4. The van der Waals surface area contributed by atoms with E-state index in [0.717, 1.165) is 0 Å². The van der Waals surface area contributed by atoms with E-state index in [9.17, 15) is 21.0 Å². The maximum absolute atomic E-state index is 9.35. The third kappa shape index (κ3) is 5.33. The summed E-state index contributed by atoms with van der Waals surface area (Å²) in [7, 11) is 4.54. The second-order valence-corrected chi connectivity index (χ2v) is 6.19. The highest BCUT2D eigenvalue weighted by Crippen LogP contribution is 2.36. The Morgan fingerprint density at radius 3 is 1.53 bits per heavy atom. The van der Waals surface area contributed by atoms with Crippen LogP contribution in [-0.4, -0.2) is 21.3 Å². The van der Waals surface area contributed by atoms with Gasteiger partial charge >= 0.3 is 0 Å². The summed E-state index contributed by atoms with van der Waals surface area (Å²) in [6.45, 7) is 0. The summed E-state index contributed by atoms with van der Waals surface area (Å²) in [5, 5.41) is 37.4. The summed E-state index contributed by atoms with van der Waals surface area (Å²) in [5.41, 5.74) is 1.84. The average molecular weight is 422 g/mol. The molecule has 0 aliphatic carbocycles. The second kappa shape index (κ2) is 11.3. The van der Waals surface area contributed by atoms with E-state index in [1.807, 2.05) is 24.3 Å². The van der Waals surface area contributed by atoms with Crippen LogP contribution in [0.4, 0.5) is 0 Å². The molecule has 32 heavy (non-hydrogen) atoms. The van der Waals surface area contributed by atoms with E-state index in [1.165, 1.54) is 26.4 Å². The van der Waals surface area contributed by atoms with Gasteiger partial charge in [-0.3, -0.25) is 0 Å². The zero-order valence-corrected chi connectivity index (χ0v) is 17.7. The molecule has 156 valence electrons. The van der Waals surface area contributed by atoms with Gasteiger partial charge in [-0.05, 0) is 58.7 Å². The van der Waals surface area contributed by atoms with Gasteiger partial charge in [0, 0.05) is 0 Å². The molecule has 0 spiro atoms. The highest BCUT2D eigenvalue weighted by Gasteiger charge is 2.14. The van der Waals surface area contributed by atoms with Crippen LogP contribution < -0.4 is 14.2 Å². The smallest absolute Gasteiger partial charge is 0.161 e. The lowest BCUT2D eigenvalue weighted by Gasteiger charge is -2.14. The molecule has 0 aromatic heterocycles. The van der Waals surface area contributed by atoms with Crippen molar-refractivity contribution in [3.8, 4) is 41.5 Å². The van der Waals surface area contributed by atoms with Crippen LogP contribution in [0, 0.1) is 45.3 Å². The van der Waals surface area contributed by atoms with Crippen LogP contribution in [-0.2, 0) is 0 Å². The van der Waals surface area contributed by atoms with Gasteiger partial charge in [-0.2, -0.15) is 21.0 Å². The fourth-order valence-electron chi connectivity index (χ4n) is 2.88. The SMILES string of the molecule is COc1ccc(/C(C=C(C#N)C#N)=C(\C=C(C#N)C#N)c2ccc(OC)c(OC)c2)cc1. The van der Waals surface area contributed by atoms with Gasteiger partial charge in [0.2, 0.25) is 0 Å². The number of rotatable bonds is 7. The molecule has 0 aliphatic heterocycles. The molecule has 0 bridgehead atoms. The first kappa shape index (κ1) is 23.3. The zero-order valence-electron chi connectivity index (χ0n) is 17.7. The van der Waals surface area contributed by atoms with Crippen molar-refractivity contribution < 1.29 is 14.2 Å². The van der Waals surface area contributed by atoms with Crippen molar-refractivity contribution in [2.75, 3.05) is 21.3 Å². The fraction of sp³-hybridized carbons (Fsp3) is 0.120. The van der Waals surface area contributed by atoms with Crippen molar-refractivity contribution in [1.29, 1.82) is 21.0 Å². The largest absolute Gasteiger partial charge is 0.497 e. The van der Waals surface area contributed by atoms with Gasteiger partial charge in [-0.1, -0.05) is 18.2 Å². The number of ether oxygens (including phenoxy) is 3. The van der Waals surface area contributed by atoms with Crippen LogP contribution in [0.25, 0.3) is 11.1 Å². The molecule has 0 saturated heterocycles. The van der Waals surface area contributed by atoms with Crippen LogP contribution in [0.5, 0.6) is 17.2 Å². The first-order valence-corrected chi connectivity index (χ1v) is 9.20. The molecule has 0 atom stereocenters.